The second-order valence-corrected chi connectivity index (χ2v) is 15.4. The van der Waals surface area contributed by atoms with Gasteiger partial charge in [-0.1, -0.05) is 127 Å². The summed E-state index contributed by atoms with van der Waals surface area (Å²) in [5.74, 6) is 1.85. The third-order valence-corrected chi connectivity index (χ3v) is 12.2. The first-order valence-corrected chi connectivity index (χ1v) is 19.6. The van der Waals surface area contributed by atoms with Gasteiger partial charge in [0.1, 0.15) is 11.2 Å². The number of aromatic nitrogens is 3. The predicted octanol–water partition coefficient (Wildman–Crippen LogP) is 14.3. The third kappa shape index (κ3) is 4.88. The van der Waals surface area contributed by atoms with Crippen molar-refractivity contribution in [3.8, 4) is 45.3 Å². The SMILES string of the molecule is c1ccc2cc(-c3nc(-c4c(-c5ccc6ccccc6c5)ccc5oc6cc7ccccc7cc6c45)nc(-c4cccc5sc6ccccc6c45)n3)ccc2c1. The zero-order valence-electron chi connectivity index (χ0n) is 29.9. The quantitative estimate of drug-likeness (QED) is 0.181. The van der Waals surface area contributed by atoms with Crippen molar-refractivity contribution in [2.75, 3.05) is 0 Å². The van der Waals surface area contributed by atoms with Crippen LogP contribution in [0.3, 0.4) is 0 Å². The van der Waals surface area contributed by atoms with Crippen molar-refractivity contribution in [3.63, 3.8) is 0 Å². The molecule has 0 atom stereocenters. The van der Waals surface area contributed by atoms with E-state index in [1.807, 2.05) is 0 Å². The van der Waals surface area contributed by atoms with Crippen LogP contribution in [-0.4, -0.2) is 15.0 Å². The number of thiophene rings is 1. The molecule has 0 spiro atoms. The molecule has 0 radical (unpaired) electrons. The number of hydrogen-bond acceptors (Lipinski definition) is 5. The normalized spacial score (nSPS) is 11.9. The Hall–Kier alpha value is -7.21. The highest BCUT2D eigenvalue weighted by atomic mass is 32.1. The summed E-state index contributed by atoms with van der Waals surface area (Å²) in [6, 6.07) is 62.2. The fourth-order valence-electron chi connectivity index (χ4n) is 8.41. The first kappa shape index (κ1) is 31.2. The molecule has 0 aliphatic heterocycles. The van der Waals surface area contributed by atoms with E-state index < -0.39 is 0 Å². The number of fused-ring (bicyclic) bond motifs is 9. The van der Waals surface area contributed by atoms with E-state index in [-0.39, 0.29) is 0 Å². The Morgan fingerprint density at radius 2 is 0.964 bits per heavy atom. The van der Waals surface area contributed by atoms with Crippen LogP contribution >= 0.6 is 11.3 Å². The van der Waals surface area contributed by atoms with Crippen LogP contribution in [0.2, 0.25) is 0 Å². The van der Waals surface area contributed by atoms with Gasteiger partial charge in [0.05, 0.1) is 0 Å². The highest BCUT2D eigenvalue weighted by Gasteiger charge is 2.24. The summed E-state index contributed by atoms with van der Waals surface area (Å²) < 4.78 is 9.12. The lowest BCUT2D eigenvalue weighted by Gasteiger charge is -2.14. The van der Waals surface area contributed by atoms with E-state index in [0.717, 1.165) is 71.3 Å². The summed E-state index contributed by atoms with van der Waals surface area (Å²) in [6.07, 6.45) is 0. The number of hydrogen-bond donors (Lipinski definition) is 0. The van der Waals surface area contributed by atoms with Crippen molar-refractivity contribution in [1.82, 2.24) is 15.0 Å². The van der Waals surface area contributed by atoms with Gasteiger partial charge in [-0.2, -0.15) is 0 Å². The van der Waals surface area contributed by atoms with E-state index in [0.29, 0.717) is 17.5 Å². The van der Waals surface area contributed by atoms with Gasteiger partial charge in [-0.05, 0) is 92.0 Å². The zero-order valence-corrected chi connectivity index (χ0v) is 30.7. The highest BCUT2D eigenvalue weighted by molar-refractivity contribution is 7.25. The molecule has 0 N–H and O–H groups in total. The predicted molar refractivity (Wildman–Crippen MR) is 234 cm³/mol. The maximum Gasteiger partial charge on any atom is 0.165 e. The Balaban J connectivity index is 1.21. The van der Waals surface area contributed by atoms with E-state index in [2.05, 4.69) is 176 Å². The molecule has 0 aliphatic carbocycles. The molecule has 260 valence electrons. The summed E-state index contributed by atoms with van der Waals surface area (Å²) in [4.78, 5) is 16.2. The molecule has 3 heterocycles. The summed E-state index contributed by atoms with van der Waals surface area (Å²) in [5.41, 5.74) is 6.55. The first-order valence-electron chi connectivity index (χ1n) is 18.8. The summed E-state index contributed by atoms with van der Waals surface area (Å²) >= 11 is 1.80. The van der Waals surface area contributed by atoms with Gasteiger partial charge in [-0.3, -0.25) is 0 Å². The standard InChI is InChI=1S/C51H29N3OS/c1-3-12-32-26-36(22-20-30(32)10-1)38-24-25-42-47(41-28-34-14-5-6-15-35(34)29-43(41)55-42)48(38)51-53-49(37-23-21-31-11-2-4-13-33(31)27-37)52-50(54-51)40-17-9-19-45-46(40)39-16-7-8-18-44(39)56-45/h1-29H. The van der Waals surface area contributed by atoms with Gasteiger partial charge in [0, 0.05) is 47.6 Å². The molecule has 0 saturated carbocycles. The van der Waals surface area contributed by atoms with Crippen LogP contribution in [0.4, 0.5) is 0 Å². The Kier molecular flexibility index (Phi) is 6.76. The lowest BCUT2D eigenvalue weighted by molar-refractivity contribution is 0.669. The van der Waals surface area contributed by atoms with Crippen molar-refractivity contribution < 1.29 is 4.42 Å². The molecule has 0 amide bonds. The maximum absolute atomic E-state index is 6.69. The van der Waals surface area contributed by atoms with Crippen molar-refractivity contribution in [2.24, 2.45) is 0 Å². The Morgan fingerprint density at radius 3 is 1.75 bits per heavy atom. The van der Waals surface area contributed by atoms with Crippen LogP contribution in [-0.2, 0) is 0 Å². The van der Waals surface area contributed by atoms with Crippen LogP contribution < -0.4 is 0 Å². The lowest BCUT2D eigenvalue weighted by atomic mass is 9.92. The molecule has 0 saturated heterocycles. The van der Waals surface area contributed by atoms with E-state index in [9.17, 15) is 0 Å². The average molecular weight is 732 g/mol. The number of benzene rings is 9. The van der Waals surface area contributed by atoms with Crippen molar-refractivity contribution in [3.05, 3.63) is 176 Å². The second-order valence-electron chi connectivity index (χ2n) is 14.4. The summed E-state index contributed by atoms with van der Waals surface area (Å²) in [6.45, 7) is 0. The monoisotopic (exact) mass is 731 g/mol. The van der Waals surface area contributed by atoms with Gasteiger partial charge in [0.2, 0.25) is 0 Å². The molecule has 0 bridgehead atoms. The van der Waals surface area contributed by atoms with Crippen molar-refractivity contribution >= 4 is 85.8 Å². The number of nitrogens with zero attached hydrogens (tertiary/aromatic N) is 3. The molecule has 5 heteroatoms. The summed E-state index contributed by atoms with van der Waals surface area (Å²) in [5, 5.41) is 11.3. The van der Waals surface area contributed by atoms with Crippen molar-refractivity contribution in [1.29, 1.82) is 0 Å². The molecule has 9 aromatic carbocycles. The molecule has 0 fully saturated rings. The Bertz CT molecular complexity index is 3560. The van der Waals surface area contributed by atoms with Crippen molar-refractivity contribution in [2.45, 2.75) is 0 Å². The van der Waals surface area contributed by atoms with E-state index in [1.165, 1.54) is 30.9 Å². The van der Waals surface area contributed by atoms with Crippen LogP contribution in [0.15, 0.2) is 180 Å². The van der Waals surface area contributed by atoms with E-state index >= 15 is 0 Å². The largest absolute Gasteiger partial charge is 0.456 e. The molecule has 0 aliphatic rings. The molecule has 4 nitrogen and oxygen atoms in total. The molecular formula is C51H29N3OS. The minimum absolute atomic E-state index is 0.597. The molecule has 56 heavy (non-hydrogen) atoms. The fraction of sp³-hybridized carbons (Fsp3) is 0. The molecule has 3 aromatic heterocycles. The Labute approximate surface area is 325 Å². The molecule has 12 rings (SSSR count). The number of rotatable bonds is 4. The fourth-order valence-corrected chi connectivity index (χ4v) is 9.54. The summed E-state index contributed by atoms with van der Waals surface area (Å²) in [7, 11) is 0. The topological polar surface area (TPSA) is 51.8 Å². The minimum atomic E-state index is 0.597. The highest BCUT2D eigenvalue weighted by Crippen LogP contribution is 2.45. The third-order valence-electron chi connectivity index (χ3n) is 11.1. The first-order chi connectivity index (χ1) is 27.7. The number of furan rings is 1. The lowest BCUT2D eigenvalue weighted by Crippen LogP contribution is -2.02. The van der Waals surface area contributed by atoms with Gasteiger partial charge < -0.3 is 4.42 Å². The second kappa shape index (κ2) is 12.2. The minimum Gasteiger partial charge on any atom is -0.456 e. The molecular weight excluding hydrogens is 703 g/mol. The van der Waals surface area contributed by atoms with Crippen LogP contribution in [0.1, 0.15) is 0 Å². The van der Waals surface area contributed by atoms with Gasteiger partial charge in [0.15, 0.2) is 17.5 Å². The van der Waals surface area contributed by atoms with E-state index in [1.54, 1.807) is 11.3 Å². The average Bonchev–Trinajstić information content (AvgIpc) is 3.82. The van der Waals surface area contributed by atoms with E-state index in [4.69, 9.17) is 19.4 Å². The van der Waals surface area contributed by atoms with Crippen LogP contribution in [0, 0.1) is 0 Å². The zero-order chi connectivity index (χ0) is 36.7. The smallest absolute Gasteiger partial charge is 0.165 e. The Morgan fingerprint density at radius 1 is 0.357 bits per heavy atom. The molecule has 12 aromatic rings. The maximum atomic E-state index is 6.69. The van der Waals surface area contributed by atoms with Crippen LogP contribution in [0.25, 0.3) is 120 Å². The van der Waals surface area contributed by atoms with Gasteiger partial charge in [0.25, 0.3) is 0 Å². The van der Waals surface area contributed by atoms with Gasteiger partial charge >= 0.3 is 0 Å². The van der Waals surface area contributed by atoms with Crippen LogP contribution in [0.5, 0.6) is 0 Å². The molecule has 0 unspecified atom stereocenters. The van der Waals surface area contributed by atoms with Gasteiger partial charge in [-0.25, -0.2) is 15.0 Å². The van der Waals surface area contributed by atoms with Gasteiger partial charge in [-0.15, -0.1) is 11.3 Å².